The Kier molecular flexibility index (Phi) is 5.18. The third kappa shape index (κ3) is 3.36. The number of carbonyl (C=O) groups is 1. The molecule has 2 aliphatic rings. The third-order valence-corrected chi connectivity index (χ3v) is 5.10. The maximum Gasteiger partial charge on any atom is 0.320 e. The fourth-order valence-corrected chi connectivity index (χ4v) is 3.97. The standard InChI is InChI=1S/C17H33N3O/c1-12(2)16-11-18(17(21)20(16)14(5)6)10-15-8-7-9-19(15)13(3)4/h12-16H,7-11H2,1-6H3. The Labute approximate surface area is 130 Å². The first-order valence-corrected chi connectivity index (χ1v) is 8.65. The van der Waals surface area contributed by atoms with Crippen molar-refractivity contribution >= 4 is 6.03 Å². The lowest BCUT2D eigenvalue weighted by atomic mass is 10.0. The molecule has 0 aromatic heterocycles. The summed E-state index contributed by atoms with van der Waals surface area (Å²) < 4.78 is 0. The number of rotatable bonds is 5. The highest BCUT2D eigenvalue weighted by Crippen LogP contribution is 2.27. The molecule has 0 N–H and O–H groups in total. The highest BCUT2D eigenvalue weighted by Gasteiger charge is 2.41. The summed E-state index contributed by atoms with van der Waals surface area (Å²) in [6.07, 6.45) is 2.50. The second kappa shape index (κ2) is 6.55. The summed E-state index contributed by atoms with van der Waals surface area (Å²) >= 11 is 0. The summed E-state index contributed by atoms with van der Waals surface area (Å²) in [5, 5.41) is 0. The molecule has 2 amide bonds. The van der Waals surface area contributed by atoms with E-state index in [1.54, 1.807) is 0 Å². The van der Waals surface area contributed by atoms with Gasteiger partial charge in [0.2, 0.25) is 0 Å². The molecule has 0 saturated carbocycles. The SMILES string of the molecule is CC(C)C1CN(CC2CCCN2C(C)C)C(=O)N1C(C)C. The lowest BCUT2D eigenvalue weighted by Gasteiger charge is -2.31. The molecule has 2 aliphatic heterocycles. The number of nitrogens with zero attached hydrogens (tertiary/aromatic N) is 3. The molecule has 2 rings (SSSR count). The Morgan fingerprint density at radius 2 is 1.76 bits per heavy atom. The van der Waals surface area contributed by atoms with Gasteiger partial charge in [-0.15, -0.1) is 0 Å². The fourth-order valence-electron chi connectivity index (χ4n) is 3.97. The van der Waals surface area contributed by atoms with Crippen LogP contribution in [0.4, 0.5) is 4.79 Å². The van der Waals surface area contributed by atoms with Crippen LogP contribution in [0.1, 0.15) is 54.4 Å². The highest BCUT2D eigenvalue weighted by molar-refractivity contribution is 5.77. The molecule has 0 bridgehead atoms. The van der Waals surface area contributed by atoms with Crippen molar-refractivity contribution < 1.29 is 4.79 Å². The molecule has 0 aliphatic carbocycles. The van der Waals surface area contributed by atoms with E-state index in [9.17, 15) is 4.79 Å². The summed E-state index contributed by atoms with van der Waals surface area (Å²) in [6.45, 7) is 16.2. The zero-order valence-electron chi connectivity index (χ0n) is 14.7. The lowest BCUT2D eigenvalue weighted by Crippen LogP contribution is -2.45. The van der Waals surface area contributed by atoms with Gasteiger partial charge in [-0.1, -0.05) is 13.8 Å². The van der Waals surface area contributed by atoms with Gasteiger partial charge in [-0.05, 0) is 53.0 Å². The van der Waals surface area contributed by atoms with Gasteiger partial charge < -0.3 is 9.80 Å². The van der Waals surface area contributed by atoms with Crippen LogP contribution in [0.3, 0.4) is 0 Å². The molecule has 0 spiro atoms. The molecule has 2 atom stereocenters. The summed E-state index contributed by atoms with van der Waals surface area (Å²) in [5.41, 5.74) is 0. The Hall–Kier alpha value is -0.770. The Morgan fingerprint density at radius 3 is 2.24 bits per heavy atom. The van der Waals surface area contributed by atoms with Crippen LogP contribution < -0.4 is 0 Å². The first-order valence-electron chi connectivity index (χ1n) is 8.65. The topological polar surface area (TPSA) is 26.8 Å². The second-order valence-electron chi connectivity index (χ2n) is 7.63. The first kappa shape index (κ1) is 16.6. The van der Waals surface area contributed by atoms with E-state index in [1.807, 2.05) is 0 Å². The molecule has 2 fully saturated rings. The normalized spacial score (nSPS) is 28.0. The van der Waals surface area contributed by atoms with Crippen molar-refractivity contribution in [1.82, 2.24) is 14.7 Å². The van der Waals surface area contributed by atoms with Gasteiger partial charge in [0, 0.05) is 31.2 Å². The highest BCUT2D eigenvalue weighted by atomic mass is 16.2. The minimum Gasteiger partial charge on any atom is -0.321 e. The quantitative estimate of drug-likeness (QED) is 0.779. The predicted molar refractivity (Wildman–Crippen MR) is 87.4 cm³/mol. The van der Waals surface area contributed by atoms with Crippen molar-refractivity contribution in [2.24, 2.45) is 5.92 Å². The van der Waals surface area contributed by atoms with Gasteiger partial charge in [0.1, 0.15) is 0 Å². The molecule has 122 valence electrons. The molecule has 21 heavy (non-hydrogen) atoms. The minimum absolute atomic E-state index is 0.249. The van der Waals surface area contributed by atoms with Crippen LogP contribution in [0.25, 0.3) is 0 Å². The van der Waals surface area contributed by atoms with Gasteiger partial charge in [0.25, 0.3) is 0 Å². The van der Waals surface area contributed by atoms with E-state index in [-0.39, 0.29) is 6.03 Å². The number of amides is 2. The van der Waals surface area contributed by atoms with Gasteiger partial charge in [0.05, 0.1) is 6.04 Å². The van der Waals surface area contributed by atoms with Gasteiger partial charge in [-0.2, -0.15) is 0 Å². The molecule has 0 aromatic rings. The predicted octanol–water partition coefficient (Wildman–Crippen LogP) is 3.03. The van der Waals surface area contributed by atoms with E-state index in [2.05, 4.69) is 56.2 Å². The van der Waals surface area contributed by atoms with E-state index < -0.39 is 0 Å². The van der Waals surface area contributed by atoms with Crippen molar-refractivity contribution in [2.75, 3.05) is 19.6 Å². The summed E-state index contributed by atoms with van der Waals surface area (Å²) in [4.78, 5) is 19.5. The zero-order valence-corrected chi connectivity index (χ0v) is 14.7. The summed E-state index contributed by atoms with van der Waals surface area (Å²) in [5.74, 6) is 0.520. The summed E-state index contributed by atoms with van der Waals surface area (Å²) in [6, 6.07) is 2.04. The number of urea groups is 1. The maximum absolute atomic E-state index is 12.8. The molecule has 2 heterocycles. The molecule has 0 aromatic carbocycles. The molecule has 2 saturated heterocycles. The monoisotopic (exact) mass is 295 g/mol. The lowest BCUT2D eigenvalue weighted by molar-refractivity contribution is 0.147. The molecular weight excluding hydrogens is 262 g/mol. The van der Waals surface area contributed by atoms with Crippen molar-refractivity contribution in [1.29, 1.82) is 0 Å². The van der Waals surface area contributed by atoms with Crippen LogP contribution in [-0.4, -0.2) is 64.5 Å². The Bertz CT molecular complexity index is 367. The van der Waals surface area contributed by atoms with E-state index >= 15 is 0 Å². The summed E-state index contributed by atoms with van der Waals surface area (Å²) in [7, 11) is 0. The van der Waals surface area contributed by atoms with Gasteiger partial charge in [0.15, 0.2) is 0 Å². The van der Waals surface area contributed by atoms with E-state index in [0.29, 0.717) is 30.1 Å². The van der Waals surface area contributed by atoms with Crippen molar-refractivity contribution in [3.05, 3.63) is 0 Å². The largest absolute Gasteiger partial charge is 0.321 e. The van der Waals surface area contributed by atoms with Crippen LogP contribution in [-0.2, 0) is 0 Å². The third-order valence-electron chi connectivity index (χ3n) is 5.10. The molecular formula is C17H33N3O. The van der Waals surface area contributed by atoms with E-state index in [0.717, 1.165) is 13.1 Å². The average molecular weight is 295 g/mol. The number of likely N-dealkylation sites (tertiary alicyclic amines) is 1. The van der Waals surface area contributed by atoms with Crippen LogP contribution in [0.5, 0.6) is 0 Å². The Balaban J connectivity index is 2.05. The molecule has 0 radical (unpaired) electrons. The van der Waals surface area contributed by atoms with Gasteiger partial charge in [-0.3, -0.25) is 4.90 Å². The average Bonchev–Trinajstić information content (AvgIpc) is 2.95. The van der Waals surface area contributed by atoms with Gasteiger partial charge in [-0.25, -0.2) is 4.79 Å². The molecule has 4 heteroatoms. The van der Waals surface area contributed by atoms with Crippen LogP contribution in [0.2, 0.25) is 0 Å². The maximum atomic E-state index is 12.8. The number of hydrogen-bond donors (Lipinski definition) is 0. The van der Waals surface area contributed by atoms with Crippen molar-refractivity contribution in [2.45, 2.75) is 78.6 Å². The van der Waals surface area contributed by atoms with Crippen molar-refractivity contribution in [3.63, 3.8) is 0 Å². The number of hydrogen-bond acceptors (Lipinski definition) is 2. The van der Waals surface area contributed by atoms with Crippen LogP contribution >= 0.6 is 0 Å². The molecule has 4 nitrogen and oxygen atoms in total. The van der Waals surface area contributed by atoms with E-state index in [4.69, 9.17) is 0 Å². The van der Waals surface area contributed by atoms with Crippen LogP contribution in [0.15, 0.2) is 0 Å². The van der Waals surface area contributed by atoms with Crippen LogP contribution in [0, 0.1) is 5.92 Å². The molecule has 2 unspecified atom stereocenters. The smallest absolute Gasteiger partial charge is 0.320 e. The second-order valence-corrected chi connectivity index (χ2v) is 7.63. The van der Waals surface area contributed by atoms with Gasteiger partial charge >= 0.3 is 6.03 Å². The van der Waals surface area contributed by atoms with E-state index in [1.165, 1.54) is 19.4 Å². The van der Waals surface area contributed by atoms with Crippen molar-refractivity contribution in [3.8, 4) is 0 Å². The minimum atomic E-state index is 0.249. The number of carbonyl (C=O) groups excluding carboxylic acids is 1. The Morgan fingerprint density at radius 1 is 1.10 bits per heavy atom. The fraction of sp³-hybridized carbons (Fsp3) is 0.941. The first-order chi connectivity index (χ1) is 9.82. The zero-order chi connectivity index (χ0) is 15.7.